The van der Waals surface area contributed by atoms with Crippen LogP contribution in [0.25, 0.3) is 0 Å². The molecule has 0 aromatic rings. The van der Waals surface area contributed by atoms with Gasteiger partial charge in [0.1, 0.15) is 0 Å². The zero-order valence-electron chi connectivity index (χ0n) is 12.1. The predicted octanol–water partition coefficient (Wildman–Crippen LogP) is 0.949. The minimum absolute atomic E-state index is 0.0913. The average molecular weight is 275 g/mol. The lowest BCUT2D eigenvalue weighted by Gasteiger charge is -2.32. The van der Waals surface area contributed by atoms with Gasteiger partial charge in [-0.3, -0.25) is 0 Å². The fourth-order valence-corrected chi connectivity index (χ4v) is 1.88. The molecule has 0 aromatic carbocycles. The van der Waals surface area contributed by atoms with Crippen LogP contribution in [0.4, 0.5) is 0 Å². The van der Waals surface area contributed by atoms with Crippen molar-refractivity contribution in [3.05, 3.63) is 0 Å². The summed E-state index contributed by atoms with van der Waals surface area (Å²) in [6.07, 6.45) is 3.95. The van der Waals surface area contributed by atoms with Crippen LogP contribution in [-0.4, -0.2) is 63.4 Å². The van der Waals surface area contributed by atoms with E-state index >= 15 is 0 Å². The molecule has 0 aromatic heterocycles. The van der Waals surface area contributed by atoms with Crippen molar-refractivity contribution < 1.29 is 19.3 Å². The highest BCUT2D eigenvalue weighted by atomic mass is 16.5. The Bertz CT molecular complexity index is 198. The van der Waals surface area contributed by atoms with E-state index in [1.807, 2.05) is 0 Å². The number of unbranched alkanes of at least 4 members (excludes halogenated alkanes) is 1. The summed E-state index contributed by atoms with van der Waals surface area (Å²) in [5.74, 6) is 0. The van der Waals surface area contributed by atoms with Crippen molar-refractivity contribution in [2.24, 2.45) is 0 Å². The van der Waals surface area contributed by atoms with Crippen molar-refractivity contribution in [1.29, 1.82) is 0 Å². The topological polar surface area (TPSA) is 60.0 Å². The van der Waals surface area contributed by atoms with Gasteiger partial charge in [0.05, 0.1) is 39.1 Å². The zero-order valence-corrected chi connectivity index (χ0v) is 12.1. The molecule has 0 amide bonds. The van der Waals surface area contributed by atoms with Crippen LogP contribution in [0.1, 0.15) is 32.6 Å². The molecule has 0 heterocycles. The summed E-state index contributed by atoms with van der Waals surface area (Å²) in [4.78, 5) is 0. The van der Waals surface area contributed by atoms with Gasteiger partial charge < -0.3 is 24.6 Å². The standard InChI is InChI=1S/C14H29NO4/c1-2-3-5-17-7-9-19-10-8-18-6-4-15-13-11-14(16)12-13/h13-16H,2-12H2,1H3. The van der Waals surface area contributed by atoms with Gasteiger partial charge in [-0.15, -0.1) is 0 Å². The van der Waals surface area contributed by atoms with Crippen LogP contribution < -0.4 is 5.32 Å². The molecule has 19 heavy (non-hydrogen) atoms. The first-order valence-electron chi connectivity index (χ1n) is 7.47. The highest BCUT2D eigenvalue weighted by Gasteiger charge is 2.25. The highest BCUT2D eigenvalue weighted by molar-refractivity contribution is 4.84. The Morgan fingerprint density at radius 3 is 2.11 bits per heavy atom. The van der Waals surface area contributed by atoms with E-state index in [1.165, 1.54) is 6.42 Å². The first-order valence-corrected chi connectivity index (χ1v) is 7.47. The van der Waals surface area contributed by atoms with Gasteiger partial charge >= 0.3 is 0 Å². The normalized spacial score (nSPS) is 22.4. The van der Waals surface area contributed by atoms with E-state index in [2.05, 4.69) is 12.2 Å². The number of aliphatic hydroxyl groups excluding tert-OH is 1. The quantitative estimate of drug-likeness (QED) is 0.490. The lowest BCUT2D eigenvalue weighted by molar-refractivity contribution is 0.0123. The van der Waals surface area contributed by atoms with Crippen LogP contribution in [0.2, 0.25) is 0 Å². The number of hydrogen-bond donors (Lipinski definition) is 2. The summed E-state index contributed by atoms with van der Waals surface area (Å²) < 4.78 is 16.2. The molecule has 0 saturated heterocycles. The molecule has 0 aliphatic heterocycles. The van der Waals surface area contributed by atoms with E-state index < -0.39 is 0 Å². The van der Waals surface area contributed by atoms with Crippen LogP contribution in [0.3, 0.4) is 0 Å². The van der Waals surface area contributed by atoms with Gasteiger partial charge in [-0.25, -0.2) is 0 Å². The molecule has 2 N–H and O–H groups in total. The van der Waals surface area contributed by atoms with Crippen molar-refractivity contribution in [2.45, 2.75) is 44.8 Å². The van der Waals surface area contributed by atoms with Gasteiger partial charge in [-0.2, -0.15) is 0 Å². The Hall–Kier alpha value is -0.200. The van der Waals surface area contributed by atoms with E-state index in [0.717, 1.165) is 32.4 Å². The van der Waals surface area contributed by atoms with E-state index in [9.17, 15) is 0 Å². The van der Waals surface area contributed by atoms with Gasteiger partial charge in [0.2, 0.25) is 0 Å². The first kappa shape index (κ1) is 16.9. The molecule has 5 heteroatoms. The van der Waals surface area contributed by atoms with E-state index in [4.69, 9.17) is 19.3 Å². The summed E-state index contributed by atoms with van der Waals surface area (Å²) in [5, 5.41) is 12.4. The average Bonchev–Trinajstić information content (AvgIpc) is 2.37. The Morgan fingerprint density at radius 2 is 1.53 bits per heavy atom. The van der Waals surface area contributed by atoms with E-state index in [-0.39, 0.29) is 6.10 Å². The monoisotopic (exact) mass is 275 g/mol. The van der Waals surface area contributed by atoms with E-state index in [1.54, 1.807) is 0 Å². The number of ether oxygens (including phenoxy) is 3. The van der Waals surface area contributed by atoms with Crippen LogP contribution in [-0.2, 0) is 14.2 Å². The Kier molecular flexibility index (Phi) is 10.3. The zero-order chi connectivity index (χ0) is 13.8. The van der Waals surface area contributed by atoms with Crippen molar-refractivity contribution in [1.82, 2.24) is 5.32 Å². The second kappa shape index (κ2) is 11.6. The molecule has 0 spiro atoms. The largest absolute Gasteiger partial charge is 0.393 e. The summed E-state index contributed by atoms with van der Waals surface area (Å²) in [6.45, 7) is 7.09. The third-order valence-corrected chi connectivity index (χ3v) is 3.18. The third-order valence-electron chi connectivity index (χ3n) is 3.18. The molecular weight excluding hydrogens is 246 g/mol. The molecule has 1 fully saturated rings. The Balaban J connectivity index is 1.65. The maximum Gasteiger partial charge on any atom is 0.0701 e. The number of rotatable bonds is 13. The predicted molar refractivity (Wildman–Crippen MR) is 74.4 cm³/mol. The maximum absolute atomic E-state index is 9.11. The molecule has 5 nitrogen and oxygen atoms in total. The molecule has 0 unspecified atom stereocenters. The molecule has 0 atom stereocenters. The van der Waals surface area contributed by atoms with Crippen LogP contribution in [0.15, 0.2) is 0 Å². The summed E-state index contributed by atoms with van der Waals surface area (Å²) in [5.41, 5.74) is 0. The highest BCUT2D eigenvalue weighted by Crippen LogP contribution is 2.18. The fourth-order valence-electron chi connectivity index (χ4n) is 1.88. The SMILES string of the molecule is CCCCOCCOCCOCCNC1CC(O)C1. The molecule has 1 aliphatic rings. The van der Waals surface area contributed by atoms with Crippen molar-refractivity contribution in [3.8, 4) is 0 Å². The number of hydrogen-bond acceptors (Lipinski definition) is 5. The maximum atomic E-state index is 9.11. The van der Waals surface area contributed by atoms with Crippen LogP contribution >= 0.6 is 0 Å². The first-order chi connectivity index (χ1) is 9.33. The Labute approximate surface area is 116 Å². The molecule has 0 bridgehead atoms. The Morgan fingerprint density at radius 1 is 0.947 bits per heavy atom. The molecule has 1 rings (SSSR count). The summed E-state index contributed by atoms with van der Waals surface area (Å²) >= 11 is 0. The summed E-state index contributed by atoms with van der Waals surface area (Å²) in [7, 11) is 0. The molecule has 1 saturated carbocycles. The van der Waals surface area contributed by atoms with Gasteiger partial charge in [0.25, 0.3) is 0 Å². The third kappa shape index (κ3) is 9.35. The van der Waals surface area contributed by atoms with Crippen molar-refractivity contribution in [3.63, 3.8) is 0 Å². The minimum atomic E-state index is -0.0913. The minimum Gasteiger partial charge on any atom is -0.393 e. The van der Waals surface area contributed by atoms with Gasteiger partial charge in [-0.1, -0.05) is 13.3 Å². The number of nitrogens with one attached hydrogen (secondary N) is 1. The number of aliphatic hydroxyl groups is 1. The summed E-state index contributed by atoms with van der Waals surface area (Å²) in [6, 6.07) is 0.482. The van der Waals surface area contributed by atoms with Crippen LogP contribution in [0.5, 0.6) is 0 Å². The lowest BCUT2D eigenvalue weighted by atomic mass is 9.90. The molecule has 0 radical (unpaired) electrons. The van der Waals surface area contributed by atoms with E-state index in [0.29, 0.717) is 39.1 Å². The van der Waals surface area contributed by atoms with Gasteiger partial charge in [0, 0.05) is 19.2 Å². The lowest BCUT2D eigenvalue weighted by Crippen LogP contribution is -2.45. The van der Waals surface area contributed by atoms with Crippen molar-refractivity contribution >= 4 is 0 Å². The fraction of sp³-hybridized carbons (Fsp3) is 1.00. The second-order valence-electron chi connectivity index (χ2n) is 4.97. The molecular formula is C14H29NO4. The van der Waals surface area contributed by atoms with Gasteiger partial charge in [-0.05, 0) is 19.3 Å². The smallest absolute Gasteiger partial charge is 0.0701 e. The molecule has 114 valence electrons. The van der Waals surface area contributed by atoms with Crippen LogP contribution in [0, 0.1) is 0 Å². The van der Waals surface area contributed by atoms with Gasteiger partial charge in [0.15, 0.2) is 0 Å². The second-order valence-corrected chi connectivity index (χ2v) is 4.97. The van der Waals surface area contributed by atoms with Crippen molar-refractivity contribution in [2.75, 3.05) is 46.2 Å². The molecule has 1 aliphatic carbocycles.